The Morgan fingerprint density at radius 1 is 1.38 bits per heavy atom. The predicted molar refractivity (Wildman–Crippen MR) is 74.5 cm³/mol. The van der Waals surface area contributed by atoms with Crippen molar-refractivity contribution in [2.24, 2.45) is 0 Å². The van der Waals surface area contributed by atoms with Gasteiger partial charge in [-0.15, -0.1) is 11.3 Å². The van der Waals surface area contributed by atoms with Gasteiger partial charge < -0.3 is 14.8 Å². The standard InChI is InChI=1S/C13H12F2N2O3S/c1-7-10(11(18)19-2)17-13(21-7)16-8-5-3-4-6-9(8)20-12(14)15/h3-6,12H,1-2H3,(H,16,17). The van der Waals surface area contributed by atoms with Gasteiger partial charge in [-0.1, -0.05) is 12.1 Å². The first-order valence-electron chi connectivity index (χ1n) is 5.88. The van der Waals surface area contributed by atoms with E-state index in [4.69, 9.17) is 0 Å². The van der Waals surface area contributed by atoms with Gasteiger partial charge in [0.2, 0.25) is 0 Å². The Bertz CT molecular complexity index is 646. The Kier molecular flexibility index (Phi) is 4.69. The van der Waals surface area contributed by atoms with Crippen molar-refractivity contribution >= 4 is 28.1 Å². The van der Waals surface area contributed by atoms with Crippen molar-refractivity contribution in [1.29, 1.82) is 0 Å². The molecule has 0 spiro atoms. The molecule has 1 N–H and O–H groups in total. The van der Waals surface area contributed by atoms with Gasteiger partial charge >= 0.3 is 12.6 Å². The lowest BCUT2D eigenvalue weighted by Crippen LogP contribution is -2.05. The average Bonchev–Trinajstić information content (AvgIpc) is 2.80. The van der Waals surface area contributed by atoms with Crippen LogP contribution in [-0.2, 0) is 4.74 Å². The third-order valence-electron chi connectivity index (χ3n) is 2.52. The lowest BCUT2D eigenvalue weighted by Gasteiger charge is -2.10. The molecule has 21 heavy (non-hydrogen) atoms. The third kappa shape index (κ3) is 3.66. The number of alkyl halides is 2. The SMILES string of the molecule is COC(=O)c1nc(Nc2ccccc2OC(F)F)sc1C. The van der Waals surface area contributed by atoms with E-state index < -0.39 is 12.6 Å². The second kappa shape index (κ2) is 6.49. The number of anilines is 2. The summed E-state index contributed by atoms with van der Waals surface area (Å²) < 4.78 is 33.7. The molecule has 8 heteroatoms. The van der Waals surface area contributed by atoms with E-state index in [2.05, 4.69) is 19.8 Å². The van der Waals surface area contributed by atoms with Crippen molar-refractivity contribution in [3.05, 3.63) is 34.8 Å². The van der Waals surface area contributed by atoms with Crippen molar-refractivity contribution in [3.8, 4) is 5.75 Å². The number of hydrogen-bond donors (Lipinski definition) is 1. The summed E-state index contributed by atoms with van der Waals surface area (Å²) in [5.74, 6) is -0.547. The van der Waals surface area contributed by atoms with Gasteiger partial charge in [-0.2, -0.15) is 8.78 Å². The zero-order valence-electron chi connectivity index (χ0n) is 11.2. The Balaban J connectivity index is 2.24. The first-order chi connectivity index (χ1) is 10.0. The molecule has 0 aliphatic carbocycles. The smallest absolute Gasteiger partial charge is 0.387 e. The molecular weight excluding hydrogens is 302 g/mol. The summed E-state index contributed by atoms with van der Waals surface area (Å²) in [6.45, 7) is -1.20. The summed E-state index contributed by atoms with van der Waals surface area (Å²) in [7, 11) is 1.26. The van der Waals surface area contributed by atoms with Gasteiger partial charge in [-0.25, -0.2) is 9.78 Å². The fourth-order valence-electron chi connectivity index (χ4n) is 1.62. The number of nitrogens with zero attached hydrogens (tertiary/aromatic N) is 1. The average molecular weight is 314 g/mol. The van der Waals surface area contributed by atoms with E-state index in [1.54, 1.807) is 25.1 Å². The molecule has 0 aliphatic heterocycles. The molecule has 0 radical (unpaired) electrons. The lowest BCUT2D eigenvalue weighted by atomic mass is 10.3. The number of halogens is 2. The molecule has 2 aromatic rings. The zero-order valence-corrected chi connectivity index (χ0v) is 12.0. The Morgan fingerprint density at radius 2 is 2.10 bits per heavy atom. The van der Waals surface area contributed by atoms with Gasteiger partial charge in [0.05, 0.1) is 12.8 Å². The second-order valence-electron chi connectivity index (χ2n) is 3.92. The number of carbonyl (C=O) groups excluding carboxylic acids is 1. The summed E-state index contributed by atoms with van der Waals surface area (Å²) in [4.78, 5) is 16.2. The molecule has 1 aromatic heterocycles. The molecule has 5 nitrogen and oxygen atoms in total. The van der Waals surface area contributed by atoms with Gasteiger partial charge in [-0.3, -0.25) is 0 Å². The van der Waals surface area contributed by atoms with Crippen LogP contribution in [0.15, 0.2) is 24.3 Å². The van der Waals surface area contributed by atoms with Gasteiger partial charge in [0, 0.05) is 4.88 Å². The maximum absolute atomic E-state index is 12.3. The van der Waals surface area contributed by atoms with E-state index >= 15 is 0 Å². The monoisotopic (exact) mass is 314 g/mol. The largest absolute Gasteiger partial charge is 0.464 e. The summed E-state index contributed by atoms with van der Waals surface area (Å²) in [6, 6.07) is 6.24. The fourth-order valence-corrected chi connectivity index (χ4v) is 2.43. The van der Waals surface area contributed by atoms with Crippen LogP contribution in [0.4, 0.5) is 19.6 Å². The van der Waals surface area contributed by atoms with Crippen molar-refractivity contribution in [2.45, 2.75) is 13.5 Å². The molecule has 0 saturated heterocycles. The van der Waals surface area contributed by atoms with Gasteiger partial charge in [-0.05, 0) is 19.1 Å². The molecule has 0 saturated carbocycles. The zero-order chi connectivity index (χ0) is 15.4. The van der Waals surface area contributed by atoms with Crippen LogP contribution in [0.25, 0.3) is 0 Å². The van der Waals surface area contributed by atoms with Gasteiger partial charge in [0.25, 0.3) is 0 Å². The Hall–Kier alpha value is -2.22. The van der Waals surface area contributed by atoms with Crippen LogP contribution >= 0.6 is 11.3 Å². The third-order valence-corrected chi connectivity index (χ3v) is 3.41. The number of carbonyl (C=O) groups is 1. The van der Waals surface area contributed by atoms with Gasteiger partial charge in [0.15, 0.2) is 10.8 Å². The number of nitrogens with one attached hydrogen (secondary N) is 1. The molecule has 2 rings (SSSR count). The molecular formula is C13H12F2N2O3S. The summed E-state index contributed by atoms with van der Waals surface area (Å²) in [5.41, 5.74) is 0.528. The highest BCUT2D eigenvalue weighted by Crippen LogP contribution is 2.31. The highest BCUT2D eigenvalue weighted by Gasteiger charge is 2.17. The van der Waals surface area contributed by atoms with Crippen molar-refractivity contribution < 1.29 is 23.0 Å². The number of ether oxygens (including phenoxy) is 2. The Morgan fingerprint density at radius 3 is 2.76 bits per heavy atom. The lowest BCUT2D eigenvalue weighted by molar-refractivity contribution is -0.0493. The van der Waals surface area contributed by atoms with Crippen LogP contribution in [0.1, 0.15) is 15.4 Å². The highest BCUT2D eigenvalue weighted by atomic mass is 32.1. The molecule has 0 unspecified atom stereocenters. The molecule has 1 heterocycles. The maximum Gasteiger partial charge on any atom is 0.387 e. The Labute approximate surface area is 123 Å². The number of benzene rings is 1. The van der Waals surface area contributed by atoms with Crippen LogP contribution < -0.4 is 10.1 Å². The van der Waals surface area contributed by atoms with E-state index in [1.807, 2.05) is 0 Å². The molecule has 0 amide bonds. The van der Waals surface area contributed by atoms with Crippen LogP contribution in [0, 0.1) is 6.92 Å². The molecule has 0 aliphatic rings. The maximum atomic E-state index is 12.3. The highest BCUT2D eigenvalue weighted by molar-refractivity contribution is 7.15. The normalized spacial score (nSPS) is 10.5. The van der Waals surface area contributed by atoms with Crippen LogP contribution in [0.5, 0.6) is 5.75 Å². The van der Waals surface area contributed by atoms with Crippen LogP contribution in [0.2, 0.25) is 0 Å². The van der Waals surface area contributed by atoms with E-state index in [1.165, 1.54) is 24.5 Å². The van der Waals surface area contributed by atoms with Gasteiger partial charge in [0.1, 0.15) is 5.75 Å². The van der Waals surface area contributed by atoms with Crippen molar-refractivity contribution in [3.63, 3.8) is 0 Å². The number of para-hydroxylation sites is 2. The number of hydrogen-bond acceptors (Lipinski definition) is 6. The molecule has 112 valence electrons. The van der Waals surface area contributed by atoms with Crippen LogP contribution in [0.3, 0.4) is 0 Å². The molecule has 0 bridgehead atoms. The number of esters is 1. The number of thiazole rings is 1. The summed E-state index contributed by atoms with van der Waals surface area (Å²) in [6.07, 6.45) is 0. The van der Waals surface area contributed by atoms with Crippen molar-refractivity contribution in [2.75, 3.05) is 12.4 Å². The van der Waals surface area contributed by atoms with E-state index in [0.717, 1.165) is 0 Å². The predicted octanol–water partition coefficient (Wildman–Crippen LogP) is 3.58. The number of aryl methyl sites for hydroxylation is 1. The van der Waals surface area contributed by atoms with Crippen LogP contribution in [-0.4, -0.2) is 24.7 Å². The van der Waals surface area contributed by atoms with E-state index in [9.17, 15) is 13.6 Å². The first kappa shape index (κ1) is 15.2. The number of rotatable bonds is 5. The minimum Gasteiger partial charge on any atom is -0.464 e. The topological polar surface area (TPSA) is 60.5 Å². The summed E-state index contributed by atoms with van der Waals surface area (Å²) >= 11 is 1.21. The van der Waals surface area contributed by atoms with E-state index in [0.29, 0.717) is 15.7 Å². The van der Waals surface area contributed by atoms with E-state index in [-0.39, 0.29) is 11.4 Å². The first-order valence-corrected chi connectivity index (χ1v) is 6.69. The number of methoxy groups -OCH3 is 1. The second-order valence-corrected chi connectivity index (χ2v) is 5.12. The van der Waals surface area contributed by atoms with Crippen molar-refractivity contribution in [1.82, 2.24) is 4.98 Å². The minimum atomic E-state index is -2.92. The molecule has 0 atom stereocenters. The summed E-state index contributed by atoms with van der Waals surface area (Å²) in [5, 5.41) is 3.25. The quantitative estimate of drug-likeness (QED) is 0.855. The number of aromatic nitrogens is 1. The fraction of sp³-hybridized carbons (Fsp3) is 0.231. The minimum absolute atomic E-state index is 0.0000267. The molecule has 0 fully saturated rings. The molecule has 1 aromatic carbocycles.